The highest BCUT2D eigenvalue weighted by atomic mass is 19.4. The molecule has 0 aliphatic rings. The van der Waals surface area contributed by atoms with E-state index in [2.05, 4.69) is 6.58 Å². The Bertz CT molecular complexity index is 1430. The standard InChI is InChI=1S/C29H25BF6N2O2/c1-3-21(27(37)38(18(2)39)16-19-7-5-4-6-8-19)13-20-9-12-26(25(30)14-20)40-17-22-10-11-23(28(31,32)33)15-24(22)29(34,35)36/h3-15,37H,1,16-17,30H2,2H3/b21-13+,37-27?. The predicted molar refractivity (Wildman–Crippen MR) is 144 cm³/mol. The zero-order valence-electron chi connectivity index (χ0n) is 21.7. The van der Waals surface area contributed by atoms with Crippen LogP contribution in [0.3, 0.4) is 0 Å². The zero-order chi connectivity index (χ0) is 29.7. The molecule has 0 unspecified atom stereocenters. The van der Waals surface area contributed by atoms with Crippen LogP contribution in [-0.2, 0) is 30.3 Å². The van der Waals surface area contributed by atoms with Gasteiger partial charge in [0.1, 0.15) is 26.0 Å². The van der Waals surface area contributed by atoms with E-state index in [9.17, 15) is 31.1 Å². The number of hydrogen-bond acceptors (Lipinski definition) is 3. The minimum Gasteiger partial charge on any atom is -0.489 e. The number of carbonyl (C=O) groups is 1. The maximum atomic E-state index is 13.4. The molecule has 0 saturated carbocycles. The maximum Gasteiger partial charge on any atom is 0.416 e. The summed E-state index contributed by atoms with van der Waals surface area (Å²) < 4.78 is 84.7. The van der Waals surface area contributed by atoms with Crippen molar-refractivity contribution in [1.82, 2.24) is 4.90 Å². The number of amides is 1. The fourth-order valence-corrected chi connectivity index (χ4v) is 3.90. The average molecular weight is 558 g/mol. The molecule has 0 aliphatic carbocycles. The number of hydrogen-bond donors (Lipinski definition) is 1. The van der Waals surface area contributed by atoms with Crippen molar-refractivity contribution in [2.45, 2.75) is 32.4 Å². The molecular formula is C29H25BF6N2O2. The van der Waals surface area contributed by atoms with Gasteiger partial charge in [-0.25, -0.2) is 0 Å². The van der Waals surface area contributed by atoms with Gasteiger partial charge in [-0.3, -0.25) is 15.1 Å². The van der Waals surface area contributed by atoms with Crippen molar-refractivity contribution in [3.63, 3.8) is 0 Å². The van der Waals surface area contributed by atoms with E-state index in [1.54, 1.807) is 26.1 Å². The lowest BCUT2D eigenvalue weighted by molar-refractivity contribution is -0.143. The second-order valence-electron chi connectivity index (χ2n) is 8.92. The van der Waals surface area contributed by atoms with Crippen LogP contribution in [0.2, 0.25) is 0 Å². The number of rotatable bonds is 8. The predicted octanol–water partition coefficient (Wildman–Crippen LogP) is 6.16. The van der Waals surface area contributed by atoms with Gasteiger partial charge in [-0.1, -0.05) is 61.2 Å². The van der Waals surface area contributed by atoms with Crippen molar-refractivity contribution < 1.29 is 35.9 Å². The first-order valence-electron chi connectivity index (χ1n) is 12.0. The fourth-order valence-electron chi connectivity index (χ4n) is 3.90. The van der Waals surface area contributed by atoms with Crippen molar-refractivity contribution in [2.75, 3.05) is 0 Å². The molecule has 3 aromatic rings. The Kier molecular flexibility index (Phi) is 9.29. The number of carbonyl (C=O) groups excluding carboxylic acids is 1. The molecule has 0 fully saturated rings. The van der Waals surface area contributed by atoms with E-state index in [0.717, 1.165) is 11.6 Å². The molecule has 0 bridgehead atoms. The summed E-state index contributed by atoms with van der Waals surface area (Å²) in [5, 5.41) is 8.59. The minimum absolute atomic E-state index is 0.0636. The largest absolute Gasteiger partial charge is 0.489 e. The Hall–Kier alpha value is -4.28. The van der Waals surface area contributed by atoms with E-state index in [4.69, 9.17) is 10.1 Å². The maximum absolute atomic E-state index is 13.4. The molecule has 0 aromatic heterocycles. The highest BCUT2D eigenvalue weighted by molar-refractivity contribution is 6.34. The SMILES string of the molecule is Bc1cc(/C=C(\C=C)C(=N)N(Cc2ccccc2)C(C)=O)ccc1OCc1ccc(C(F)(F)F)cc1C(F)(F)F. The Morgan fingerprint density at radius 1 is 1.00 bits per heavy atom. The van der Waals surface area contributed by atoms with Gasteiger partial charge in [-0.15, -0.1) is 0 Å². The lowest BCUT2D eigenvalue weighted by Gasteiger charge is -2.22. The molecule has 4 nitrogen and oxygen atoms in total. The lowest BCUT2D eigenvalue weighted by atomic mass is 9.92. The Labute approximate surface area is 228 Å². The summed E-state index contributed by atoms with van der Waals surface area (Å²) in [5.41, 5.74) is -0.904. The number of ether oxygens (including phenoxy) is 1. The third kappa shape index (κ3) is 7.65. The number of halogens is 6. The third-order valence-electron chi connectivity index (χ3n) is 5.97. The van der Waals surface area contributed by atoms with Gasteiger partial charge < -0.3 is 4.74 Å². The molecule has 11 heteroatoms. The molecule has 40 heavy (non-hydrogen) atoms. The van der Waals surface area contributed by atoms with Gasteiger partial charge >= 0.3 is 12.4 Å². The summed E-state index contributed by atoms with van der Waals surface area (Å²) in [6.07, 6.45) is -6.84. The number of amidine groups is 1. The first-order valence-corrected chi connectivity index (χ1v) is 12.0. The molecule has 1 amide bonds. The van der Waals surface area contributed by atoms with E-state index in [0.29, 0.717) is 22.7 Å². The normalized spacial score (nSPS) is 12.1. The quantitative estimate of drug-likeness (QED) is 0.119. The van der Waals surface area contributed by atoms with Crippen LogP contribution < -0.4 is 10.2 Å². The zero-order valence-corrected chi connectivity index (χ0v) is 21.7. The lowest BCUT2D eigenvalue weighted by Crippen LogP contribution is -2.34. The van der Waals surface area contributed by atoms with E-state index in [1.807, 2.05) is 30.3 Å². The van der Waals surface area contributed by atoms with Crippen LogP contribution in [0, 0.1) is 5.41 Å². The number of nitrogens with zero attached hydrogens (tertiary/aromatic N) is 1. The van der Waals surface area contributed by atoms with Gasteiger partial charge in [0.2, 0.25) is 5.91 Å². The van der Waals surface area contributed by atoms with Gasteiger partial charge in [0.05, 0.1) is 17.7 Å². The van der Waals surface area contributed by atoms with E-state index in [-0.39, 0.29) is 30.1 Å². The number of nitrogens with one attached hydrogen (secondary N) is 1. The van der Waals surface area contributed by atoms with Crippen LogP contribution in [0.4, 0.5) is 26.3 Å². The van der Waals surface area contributed by atoms with Crippen molar-refractivity contribution in [2.24, 2.45) is 0 Å². The molecule has 0 heterocycles. The summed E-state index contributed by atoms with van der Waals surface area (Å²) >= 11 is 0. The summed E-state index contributed by atoms with van der Waals surface area (Å²) in [4.78, 5) is 13.6. The Morgan fingerprint density at radius 3 is 2.23 bits per heavy atom. The van der Waals surface area contributed by atoms with Crippen LogP contribution in [0.25, 0.3) is 6.08 Å². The van der Waals surface area contributed by atoms with Gasteiger partial charge in [-0.2, -0.15) is 26.3 Å². The number of alkyl halides is 6. The highest BCUT2D eigenvalue weighted by Gasteiger charge is 2.38. The molecule has 0 atom stereocenters. The second kappa shape index (κ2) is 12.3. The summed E-state index contributed by atoms with van der Waals surface area (Å²) in [6, 6.07) is 15.4. The number of benzene rings is 3. The van der Waals surface area contributed by atoms with E-state index >= 15 is 0 Å². The van der Waals surface area contributed by atoms with Gasteiger partial charge in [0.15, 0.2) is 0 Å². The van der Waals surface area contributed by atoms with Gasteiger partial charge in [0.25, 0.3) is 0 Å². The van der Waals surface area contributed by atoms with Crippen LogP contribution >= 0.6 is 0 Å². The van der Waals surface area contributed by atoms with Crippen molar-refractivity contribution in [1.29, 1.82) is 5.41 Å². The molecular weight excluding hydrogens is 533 g/mol. The van der Waals surface area contributed by atoms with Crippen LogP contribution in [0.5, 0.6) is 5.75 Å². The highest BCUT2D eigenvalue weighted by Crippen LogP contribution is 2.37. The topological polar surface area (TPSA) is 53.4 Å². The Balaban J connectivity index is 1.81. The molecule has 1 N–H and O–H groups in total. The summed E-state index contributed by atoms with van der Waals surface area (Å²) in [5.74, 6) is -0.163. The average Bonchev–Trinajstić information content (AvgIpc) is 2.88. The van der Waals surface area contributed by atoms with Crippen molar-refractivity contribution in [3.05, 3.63) is 113 Å². The second-order valence-corrected chi connectivity index (χ2v) is 8.92. The van der Waals surface area contributed by atoms with Crippen LogP contribution in [0.1, 0.15) is 34.7 Å². The van der Waals surface area contributed by atoms with Crippen LogP contribution in [-0.4, -0.2) is 24.5 Å². The van der Waals surface area contributed by atoms with Crippen molar-refractivity contribution >= 4 is 31.1 Å². The molecule has 3 aromatic carbocycles. The molecule has 0 aliphatic heterocycles. The van der Waals surface area contributed by atoms with Crippen molar-refractivity contribution in [3.8, 4) is 5.75 Å². The van der Waals surface area contributed by atoms with Gasteiger partial charge in [0, 0.05) is 18.1 Å². The van der Waals surface area contributed by atoms with E-state index < -0.39 is 35.6 Å². The smallest absolute Gasteiger partial charge is 0.416 e. The van der Waals surface area contributed by atoms with Crippen LogP contribution in [0.15, 0.2) is 85.0 Å². The first-order chi connectivity index (χ1) is 18.7. The summed E-state index contributed by atoms with van der Waals surface area (Å²) in [6.45, 7) is 4.69. The minimum atomic E-state index is -5.00. The van der Waals surface area contributed by atoms with E-state index in [1.165, 1.54) is 24.0 Å². The van der Waals surface area contributed by atoms with Gasteiger partial charge in [-0.05, 0) is 40.9 Å². The summed E-state index contributed by atoms with van der Waals surface area (Å²) in [7, 11) is 1.65. The molecule has 208 valence electrons. The first kappa shape index (κ1) is 30.3. The molecule has 0 spiro atoms. The fraction of sp³-hybridized carbons (Fsp3) is 0.172. The third-order valence-corrected chi connectivity index (χ3v) is 5.97. The Morgan fingerprint density at radius 2 is 1.68 bits per heavy atom. The molecule has 3 rings (SSSR count). The molecule has 0 radical (unpaired) electrons. The molecule has 0 saturated heterocycles. The monoisotopic (exact) mass is 558 g/mol.